The molecule has 0 aliphatic carbocycles. The number of halogens is 2. The monoisotopic (exact) mass is 394 g/mol. The van der Waals surface area contributed by atoms with Gasteiger partial charge in [0.25, 0.3) is 5.91 Å². The SMILES string of the molecule is CC(C)C(=O)Nc1ccc(NC(=O)C(C)Oc2cccc(Cl)c2Cl)cc1. The molecule has 2 amide bonds. The Morgan fingerprint density at radius 1 is 0.885 bits per heavy atom. The van der Waals surface area contributed by atoms with E-state index >= 15 is 0 Å². The minimum Gasteiger partial charge on any atom is -0.479 e. The van der Waals surface area contributed by atoms with Crippen LogP contribution in [0.2, 0.25) is 10.0 Å². The van der Waals surface area contributed by atoms with Gasteiger partial charge in [0.1, 0.15) is 10.8 Å². The number of nitrogens with one attached hydrogen (secondary N) is 2. The van der Waals surface area contributed by atoms with Crippen molar-refractivity contribution in [3.8, 4) is 5.75 Å². The molecule has 0 aliphatic heterocycles. The van der Waals surface area contributed by atoms with Crippen LogP contribution in [0.15, 0.2) is 42.5 Å². The molecule has 2 aromatic rings. The standard InChI is InChI=1S/C19H20Cl2N2O3/c1-11(2)18(24)22-13-7-9-14(10-8-13)23-19(25)12(3)26-16-6-4-5-15(20)17(16)21/h4-12H,1-3H3,(H,22,24)(H,23,25). The van der Waals surface area contributed by atoms with Gasteiger partial charge in [-0.3, -0.25) is 9.59 Å². The van der Waals surface area contributed by atoms with Crippen molar-refractivity contribution in [2.24, 2.45) is 5.92 Å². The zero-order chi connectivity index (χ0) is 19.3. The number of carbonyl (C=O) groups excluding carboxylic acids is 2. The van der Waals surface area contributed by atoms with Crippen molar-refractivity contribution in [1.29, 1.82) is 0 Å². The zero-order valence-electron chi connectivity index (χ0n) is 14.7. The maximum absolute atomic E-state index is 12.3. The normalized spacial score (nSPS) is 11.8. The van der Waals surface area contributed by atoms with E-state index in [9.17, 15) is 9.59 Å². The number of rotatable bonds is 6. The summed E-state index contributed by atoms with van der Waals surface area (Å²) < 4.78 is 5.58. The number of hydrogen-bond acceptors (Lipinski definition) is 3. The highest BCUT2D eigenvalue weighted by atomic mass is 35.5. The van der Waals surface area contributed by atoms with Gasteiger partial charge in [-0.25, -0.2) is 0 Å². The van der Waals surface area contributed by atoms with Gasteiger partial charge in [0.15, 0.2) is 6.10 Å². The van der Waals surface area contributed by atoms with Crippen LogP contribution in [-0.2, 0) is 9.59 Å². The van der Waals surface area contributed by atoms with Crippen LogP contribution < -0.4 is 15.4 Å². The van der Waals surface area contributed by atoms with Gasteiger partial charge in [-0.1, -0.05) is 43.1 Å². The van der Waals surface area contributed by atoms with Crippen molar-refractivity contribution in [2.75, 3.05) is 10.6 Å². The summed E-state index contributed by atoms with van der Waals surface area (Å²) >= 11 is 12.0. The maximum atomic E-state index is 12.3. The second kappa shape index (κ2) is 8.92. The molecule has 0 saturated carbocycles. The molecule has 0 fully saturated rings. The fourth-order valence-corrected chi connectivity index (χ4v) is 2.32. The lowest BCUT2D eigenvalue weighted by molar-refractivity contribution is -0.122. The Morgan fingerprint density at radius 2 is 1.42 bits per heavy atom. The molecule has 0 aliphatic rings. The van der Waals surface area contributed by atoms with Crippen LogP contribution in [0, 0.1) is 5.92 Å². The molecular weight excluding hydrogens is 375 g/mol. The third kappa shape index (κ3) is 5.38. The lowest BCUT2D eigenvalue weighted by Gasteiger charge is -2.16. The molecule has 2 rings (SSSR count). The van der Waals surface area contributed by atoms with Crippen LogP contribution in [-0.4, -0.2) is 17.9 Å². The summed E-state index contributed by atoms with van der Waals surface area (Å²) in [6, 6.07) is 11.8. The van der Waals surface area contributed by atoms with E-state index in [4.69, 9.17) is 27.9 Å². The van der Waals surface area contributed by atoms with Gasteiger partial charge in [-0.15, -0.1) is 0 Å². The van der Waals surface area contributed by atoms with E-state index in [1.165, 1.54) is 0 Å². The first-order chi connectivity index (χ1) is 12.3. The third-order valence-corrected chi connectivity index (χ3v) is 4.34. The molecule has 0 saturated heterocycles. The van der Waals surface area contributed by atoms with Gasteiger partial charge in [0, 0.05) is 17.3 Å². The zero-order valence-corrected chi connectivity index (χ0v) is 16.2. The summed E-state index contributed by atoms with van der Waals surface area (Å²) in [4.78, 5) is 24.0. The Kier molecular flexibility index (Phi) is 6.89. The van der Waals surface area contributed by atoms with Gasteiger partial charge in [-0.2, -0.15) is 0 Å². The summed E-state index contributed by atoms with van der Waals surface area (Å²) in [5.41, 5.74) is 1.25. The van der Waals surface area contributed by atoms with Crippen molar-refractivity contribution in [2.45, 2.75) is 26.9 Å². The number of carbonyl (C=O) groups is 2. The number of amides is 2. The minimum atomic E-state index is -0.772. The molecule has 2 N–H and O–H groups in total. The van der Waals surface area contributed by atoms with Crippen LogP contribution in [0.3, 0.4) is 0 Å². The van der Waals surface area contributed by atoms with Crippen LogP contribution >= 0.6 is 23.2 Å². The number of benzene rings is 2. The highest BCUT2D eigenvalue weighted by Crippen LogP contribution is 2.32. The average Bonchev–Trinajstić information content (AvgIpc) is 2.60. The fraction of sp³-hybridized carbons (Fsp3) is 0.263. The van der Waals surface area contributed by atoms with Crippen molar-refractivity contribution in [3.63, 3.8) is 0 Å². The predicted molar refractivity (Wildman–Crippen MR) is 105 cm³/mol. The lowest BCUT2D eigenvalue weighted by atomic mass is 10.2. The summed E-state index contributed by atoms with van der Waals surface area (Å²) in [5.74, 6) is -0.165. The van der Waals surface area contributed by atoms with E-state index in [-0.39, 0.29) is 22.8 Å². The Labute approximate surface area is 162 Å². The topological polar surface area (TPSA) is 67.4 Å². The van der Waals surface area contributed by atoms with Gasteiger partial charge in [-0.05, 0) is 43.3 Å². The smallest absolute Gasteiger partial charge is 0.265 e. The average molecular weight is 395 g/mol. The second-order valence-electron chi connectivity index (χ2n) is 6.02. The van der Waals surface area contributed by atoms with Gasteiger partial charge < -0.3 is 15.4 Å². The van der Waals surface area contributed by atoms with Gasteiger partial charge >= 0.3 is 0 Å². The van der Waals surface area contributed by atoms with Crippen LogP contribution in [0.1, 0.15) is 20.8 Å². The molecular formula is C19H20Cl2N2O3. The van der Waals surface area contributed by atoms with Gasteiger partial charge in [0.05, 0.1) is 5.02 Å². The molecule has 7 heteroatoms. The minimum absolute atomic E-state index is 0.0674. The highest BCUT2D eigenvalue weighted by molar-refractivity contribution is 6.42. The summed E-state index contributed by atoms with van der Waals surface area (Å²) in [5, 5.41) is 6.15. The van der Waals surface area contributed by atoms with Crippen molar-refractivity contribution in [1.82, 2.24) is 0 Å². The second-order valence-corrected chi connectivity index (χ2v) is 6.81. The van der Waals surface area contributed by atoms with E-state index in [2.05, 4.69) is 10.6 Å². The van der Waals surface area contributed by atoms with Crippen LogP contribution in [0.25, 0.3) is 0 Å². The van der Waals surface area contributed by atoms with E-state index in [1.54, 1.807) is 49.4 Å². The molecule has 26 heavy (non-hydrogen) atoms. The fourth-order valence-electron chi connectivity index (χ4n) is 1.99. The summed E-state index contributed by atoms with van der Waals surface area (Å²) in [6.45, 7) is 5.25. The third-order valence-electron chi connectivity index (χ3n) is 3.53. The van der Waals surface area contributed by atoms with Crippen LogP contribution in [0.5, 0.6) is 5.75 Å². The summed E-state index contributed by atoms with van der Waals surface area (Å²) in [7, 11) is 0. The molecule has 0 heterocycles. The Morgan fingerprint density at radius 3 is 1.96 bits per heavy atom. The Balaban J connectivity index is 1.96. The molecule has 1 unspecified atom stereocenters. The Bertz CT molecular complexity index is 792. The first-order valence-corrected chi connectivity index (χ1v) is 8.86. The molecule has 1 atom stereocenters. The van der Waals surface area contributed by atoms with Crippen molar-refractivity contribution < 1.29 is 14.3 Å². The van der Waals surface area contributed by atoms with Crippen LogP contribution in [0.4, 0.5) is 11.4 Å². The van der Waals surface area contributed by atoms with E-state index in [0.717, 1.165) is 0 Å². The number of anilines is 2. The molecule has 0 spiro atoms. The summed E-state index contributed by atoms with van der Waals surface area (Å²) in [6.07, 6.45) is -0.772. The molecule has 138 valence electrons. The number of hydrogen-bond donors (Lipinski definition) is 2. The van der Waals surface area contributed by atoms with E-state index < -0.39 is 6.10 Å². The van der Waals surface area contributed by atoms with E-state index in [1.807, 2.05) is 13.8 Å². The molecule has 0 aromatic heterocycles. The van der Waals surface area contributed by atoms with Crippen molar-refractivity contribution >= 4 is 46.4 Å². The lowest BCUT2D eigenvalue weighted by Crippen LogP contribution is -2.30. The molecule has 2 aromatic carbocycles. The largest absolute Gasteiger partial charge is 0.479 e. The van der Waals surface area contributed by atoms with E-state index in [0.29, 0.717) is 22.1 Å². The first kappa shape index (κ1) is 20.1. The van der Waals surface area contributed by atoms with Gasteiger partial charge in [0.2, 0.25) is 5.91 Å². The predicted octanol–water partition coefficient (Wildman–Crippen LogP) is 4.99. The highest BCUT2D eigenvalue weighted by Gasteiger charge is 2.17. The molecule has 0 radical (unpaired) electrons. The molecule has 5 nitrogen and oxygen atoms in total. The number of ether oxygens (including phenoxy) is 1. The molecule has 0 bridgehead atoms. The maximum Gasteiger partial charge on any atom is 0.265 e. The quantitative estimate of drug-likeness (QED) is 0.724. The Hall–Kier alpha value is -2.24. The first-order valence-electron chi connectivity index (χ1n) is 8.10. The van der Waals surface area contributed by atoms with Crippen molar-refractivity contribution in [3.05, 3.63) is 52.5 Å².